The van der Waals surface area contributed by atoms with Crippen LogP contribution in [0.4, 0.5) is 10.9 Å². The number of hydrogen-bond acceptors (Lipinski definition) is 8. The van der Waals surface area contributed by atoms with Crippen LogP contribution in [0.2, 0.25) is 0 Å². The molecule has 152 valence electrons. The average Bonchev–Trinajstić information content (AvgIpc) is 3.17. The molecular formula is C22H23N7S. The summed E-state index contributed by atoms with van der Waals surface area (Å²) in [6, 6.07) is 10.4. The summed E-state index contributed by atoms with van der Waals surface area (Å²) in [5, 5.41) is 4.23. The molecule has 0 amide bonds. The van der Waals surface area contributed by atoms with E-state index in [0.717, 1.165) is 65.0 Å². The predicted octanol–water partition coefficient (Wildman–Crippen LogP) is 3.64. The fraction of sp³-hybridized carbons (Fsp3) is 0.273. The number of nitrogens with one attached hydrogen (secondary N) is 1. The number of nitrogens with zero attached hydrogens (tertiary/aromatic N) is 6. The van der Waals surface area contributed by atoms with Gasteiger partial charge in [-0.25, -0.2) is 19.9 Å². The third kappa shape index (κ3) is 4.30. The lowest BCUT2D eigenvalue weighted by atomic mass is 10.1. The highest BCUT2D eigenvalue weighted by Crippen LogP contribution is 2.31. The van der Waals surface area contributed by atoms with Crippen LogP contribution < -0.4 is 5.32 Å². The lowest BCUT2D eigenvalue weighted by Crippen LogP contribution is -2.43. The molecule has 0 aliphatic carbocycles. The molecular weight excluding hydrogens is 394 g/mol. The molecule has 0 saturated carbocycles. The third-order valence-corrected chi connectivity index (χ3v) is 6.28. The standard InChI is InChI=1S/C22H23N7S/c1-28-6-8-29(9-7-28)14-16-4-5-25-21(10-16)27-22-26-19-3-2-17(11-20(19)30-22)18-12-23-15-24-13-18/h2-5,10-13,15H,6-9,14H2,1H3,(H,25,26,27). The summed E-state index contributed by atoms with van der Waals surface area (Å²) in [5.74, 6) is 0.831. The number of likely N-dealkylation sites (N-methyl/N-ethyl adjacent to an activating group) is 1. The van der Waals surface area contributed by atoms with Gasteiger partial charge in [0.15, 0.2) is 5.13 Å². The topological polar surface area (TPSA) is 70.1 Å². The van der Waals surface area contributed by atoms with Crippen LogP contribution in [0, 0.1) is 0 Å². The molecule has 1 saturated heterocycles. The Morgan fingerprint density at radius 2 is 1.83 bits per heavy atom. The molecule has 8 heteroatoms. The minimum atomic E-state index is 0.831. The highest BCUT2D eigenvalue weighted by atomic mass is 32.1. The Kier molecular flexibility index (Phi) is 5.35. The molecule has 0 spiro atoms. The van der Waals surface area contributed by atoms with E-state index < -0.39 is 0 Å². The molecule has 1 aliphatic heterocycles. The monoisotopic (exact) mass is 417 g/mol. The summed E-state index contributed by atoms with van der Waals surface area (Å²) in [4.78, 5) is 22.3. The maximum absolute atomic E-state index is 4.72. The molecule has 3 aromatic heterocycles. The molecule has 4 aromatic rings. The van der Waals surface area contributed by atoms with E-state index in [1.807, 2.05) is 24.7 Å². The lowest BCUT2D eigenvalue weighted by Gasteiger charge is -2.32. The predicted molar refractivity (Wildman–Crippen MR) is 121 cm³/mol. The molecule has 0 unspecified atom stereocenters. The second-order valence-electron chi connectivity index (χ2n) is 7.58. The van der Waals surface area contributed by atoms with E-state index in [0.29, 0.717) is 0 Å². The zero-order valence-electron chi connectivity index (χ0n) is 16.8. The van der Waals surface area contributed by atoms with Crippen molar-refractivity contribution in [3.8, 4) is 11.1 Å². The number of pyridine rings is 1. The molecule has 1 fully saturated rings. The van der Waals surface area contributed by atoms with E-state index in [2.05, 4.69) is 61.4 Å². The van der Waals surface area contributed by atoms with Crippen molar-refractivity contribution in [1.82, 2.24) is 29.7 Å². The molecule has 1 N–H and O–H groups in total. The zero-order valence-corrected chi connectivity index (χ0v) is 17.6. The summed E-state index contributed by atoms with van der Waals surface area (Å²) < 4.78 is 1.12. The van der Waals surface area contributed by atoms with Gasteiger partial charge in [0.05, 0.1) is 10.2 Å². The summed E-state index contributed by atoms with van der Waals surface area (Å²) in [6.07, 6.45) is 7.06. The van der Waals surface area contributed by atoms with Crippen molar-refractivity contribution in [2.45, 2.75) is 6.54 Å². The quantitative estimate of drug-likeness (QED) is 0.532. The van der Waals surface area contributed by atoms with Gasteiger partial charge in [0.25, 0.3) is 0 Å². The lowest BCUT2D eigenvalue weighted by molar-refractivity contribution is 0.148. The van der Waals surface area contributed by atoms with Gasteiger partial charge < -0.3 is 10.2 Å². The molecule has 4 heterocycles. The van der Waals surface area contributed by atoms with Crippen LogP contribution in [0.5, 0.6) is 0 Å². The first-order chi connectivity index (χ1) is 14.7. The van der Waals surface area contributed by atoms with Crippen LogP contribution in [-0.2, 0) is 6.54 Å². The Bertz CT molecular complexity index is 1140. The molecule has 5 rings (SSSR count). The Labute approximate surface area is 179 Å². The number of rotatable bonds is 5. The van der Waals surface area contributed by atoms with Gasteiger partial charge in [-0.2, -0.15) is 0 Å². The number of benzene rings is 1. The normalized spacial score (nSPS) is 15.5. The summed E-state index contributed by atoms with van der Waals surface area (Å²) >= 11 is 1.62. The summed E-state index contributed by atoms with van der Waals surface area (Å²) in [6.45, 7) is 5.41. The number of hydrogen-bond donors (Lipinski definition) is 1. The summed E-state index contributed by atoms with van der Waals surface area (Å²) in [5.41, 5.74) is 4.33. The third-order valence-electron chi connectivity index (χ3n) is 5.34. The van der Waals surface area contributed by atoms with Crippen molar-refractivity contribution < 1.29 is 0 Å². The van der Waals surface area contributed by atoms with Gasteiger partial charge in [-0.05, 0) is 42.4 Å². The smallest absolute Gasteiger partial charge is 0.189 e. The fourth-order valence-electron chi connectivity index (χ4n) is 3.62. The van der Waals surface area contributed by atoms with Crippen molar-refractivity contribution in [3.05, 3.63) is 60.8 Å². The first-order valence-corrected chi connectivity index (χ1v) is 10.8. The number of anilines is 2. The minimum Gasteiger partial charge on any atom is -0.316 e. The van der Waals surface area contributed by atoms with Crippen molar-refractivity contribution in [2.75, 3.05) is 38.5 Å². The van der Waals surface area contributed by atoms with Gasteiger partial charge in [0.1, 0.15) is 12.1 Å². The van der Waals surface area contributed by atoms with E-state index in [4.69, 9.17) is 4.98 Å². The van der Waals surface area contributed by atoms with E-state index in [1.165, 1.54) is 5.56 Å². The van der Waals surface area contributed by atoms with E-state index in [1.54, 1.807) is 17.7 Å². The Hall–Kier alpha value is -2.94. The molecule has 1 aromatic carbocycles. The van der Waals surface area contributed by atoms with Crippen LogP contribution in [-0.4, -0.2) is 63.0 Å². The van der Waals surface area contributed by atoms with Gasteiger partial charge in [0.2, 0.25) is 0 Å². The highest BCUT2D eigenvalue weighted by molar-refractivity contribution is 7.22. The van der Waals surface area contributed by atoms with Crippen LogP contribution >= 0.6 is 11.3 Å². The highest BCUT2D eigenvalue weighted by Gasteiger charge is 2.14. The largest absolute Gasteiger partial charge is 0.316 e. The molecule has 30 heavy (non-hydrogen) atoms. The average molecular weight is 418 g/mol. The molecule has 7 nitrogen and oxygen atoms in total. The Balaban J connectivity index is 1.32. The van der Waals surface area contributed by atoms with Gasteiger partial charge in [0, 0.05) is 56.9 Å². The summed E-state index contributed by atoms with van der Waals surface area (Å²) in [7, 11) is 2.18. The molecule has 0 radical (unpaired) electrons. The van der Waals surface area contributed by atoms with Crippen molar-refractivity contribution in [2.24, 2.45) is 0 Å². The molecule has 0 atom stereocenters. The van der Waals surface area contributed by atoms with Crippen molar-refractivity contribution in [3.63, 3.8) is 0 Å². The van der Waals surface area contributed by atoms with Crippen LogP contribution in [0.1, 0.15) is 5.56 Å². The van der Waals surface area contributed by atoms with E-state index in [9.17, 15) is 0 Å². The minimum absolute atomic E-state index is 0.831. The van der Waals surface area contributed by atoms with Gasteiger partial charge in [-0.3, -0.25) is 4.90 Å². The first kappa shape index (κ1) is 19.0. The van der Waals surface area contributed by atoms with Crippen LogP contribution in [0.25, 0.3) is 21.3 Å². The van der Waals surface area contributed by atoms with Crippen LogP contribution in [0.3, 0.4) is 0 Å². The zero-order chi connectivity index (χ0) is 20.3. The van der Waals surface area contributed by atoms with E-state index >= 15 is 0 Å². The van der Waals surface area contributed by atoms with E-state index in [-0.39, 0.29) is 0 Å². The van der Waals surface area contributed by atoms with Crippen LogP contribution in [0.15, 0.2) is 55.2 Å². The second kappa shape index (κ2) is 8.43. The van der Waals surface area contributed by atoms with Gasteiger partial charge >= 0.3 is 0 Å². The maximum Gasteiger partial charge on any atom is 0.189 e. The van der Waals surface area contributed by atoms with Gasteiger partial charge in [-0.15, -0.1) is 0 Å². The number of piperazine rings is 1. The van der Waals surface area contributed by atoms with Crippen molar-refractivity contribution >= 4 is 32.5 Å². The first-order valence-electron chi connectivity index (χ1n) is 10.0. The molecule has 0 bridgehead atoms. The SMILES string of the molecule is CN1CCN(Cc2ccnc(Nc3nc4ccc(-c5cncnc5)cc4s3)c2)CC1. The Morgan fingerprint density at radius 1 is 1.00 bits per heavy atom. The number of thiazole rings is 1. The number of fused-ring (bicyclic) bond motifs is 1. The van der Waals surface area contributed by atoms with Crippen molar-refractivity contribution in [1.29, 1.82) is 0 Å². The number of aromatic nitrogens is 4. The second-order valence-corrected chi connectivity index (χ2v) is 8.61. The van der Waals surface area contributed by atoms with Gasteiger partial charge in [-0.1, -0.05) is 17.4 Å². The Morgan fingerprint density at radius 3 is 2.67 bits per heavy atom. The fourth-order valence-corrected chi connectivity index (χ4v) is 4.53. The molecule has 1 aliphatic rings. The maximum atomic E-state index is 4.72.